The van der Waals surface area contributed by atoms with Crippen LogP contribution in [0, 0.1) is 0 Å². The minimum atomic E-state index is -1.94. The lowest BCUT2D eigenvalue weighted by Crippen LogP contribution is -3.00. The van der Waals surface area contributed by atoms with Gasteiger partial charge in [0.15, 0.2) is 0 Å². The van der Waals surface area contributed by atoms with Crippen LogP contribution in [-0.2, 0) is 21.7 Å². The standard InChI is InChI=1S/C24H20N2O4.ClH/c27-22-20-13-7-8-14-21(20)25-17-26(22)15-16-30-23(28)24(29,18-9-3-1-4-10-18)19-11-5-2-6-12-19;/h1-14,17,29H,15-16H2;1H. The summed E-state index contributed by atoms with van der Waals surface area (Å²) in [4.78, 5) is 28.6. The van der Waals surface area contributed by atoms with Crippen molar-refractivity contribution in [3.05, 3.63) is 113 Å². The third kappa shape index (κ3) is 4.35. The monoisotopic (exact) mass is 436 g/mol. The van der Waals surface area contributed by atoms with Crippen LogP contribution >= 0.6 is 0 Å². The first-order valence-electron chi connectivity index (χ1n) is 9.61. The number of para-hydroxylation sites is 1. The van der Waals surface area contributed by atoms with Gasteiger partial charge in [0.25, 0.3) is 0 Å². The van der Waals surface area contributed by atoms with E-state index >= 15 is 0 Å². The van der Waals surface area contributed by atoms with Crippen molar-refractivity contribution >= 4 is 16.9 Å². The fourth-order valence-corrected chi connectivity index (χ4v) is 3.42. The van der Waals surface area contributed by atoms with Crippen molar-refractivity contribution in [3.8, 4) is 0 Å². The van der Waals surface area contributed by atoms with Gasteiger partial charge in [-0.3, -0.25) is 0 Å². The molecule has 0 spiro atoms. The molecule has 4 rings (SSSR count). The van der Waals surface area contributed by atoms with Crippen LogP contribution in [0.25, 0.3) is 10.9 Å². The van der Waals surface area contributed by atoms with Gasteiger partial charge in [-0.15, -0.1) is 0 Å². The molecule has 0 aliphatic carbocycles. The molecule has 1 heterocycles. The normalized spacial score (nSPS) is 11.0. The maximum absolute atomic E-state index is 13.0. The van der Waals surface area contributed by atoms with E-state index in [0.717, 1.165) is 5.52 Å². The predicted molar refractivity (Wildman–Crippen MR) is 112 cm³/mol. The molecule has 0 saturated carbocycles. The topological polar surface area (TPSA) is 82.7 Å². The van der Waals surface area contributed by atoms with Crippen molar-refractivity contribution in [1.29, 1.82) is 0 Å². The third-order valence-corrected chi connectivity index (χ3v) is 5.04. The van der Waals surface area contributed by atoms with Gasteiger partial charge in [0, 0.05) is 0 Å². The van der Waals surface area contributed by atoms with Gasteiger partial charge in [-0.1, -0.05) is 72.8 Å². The van der Waals surface area contributed by atoms with Crippen molar-refractivity contribution in [2.75, 3.05) is 6.61 Å². The minimum Gasteiger partial charge on any atom is -1.00 e. The molecule has 158 valence electrons. The van der Waals surface area contributed by atoms with Crippen molar-refractivity contribution in [3.63, 3.8) is 0 Å². The van der Waals surface area contributed by atoms with Crippen LogP contribution in [0.4, 0.5) is 0 Å². The second kappa shape index (κ2) is 9.55. The van der Waals surface area contributed by atoms with E-state index in [0.29, 0.717) is 16.5 Å². The average Bonchev–Trinajstić information content (AvgIpc) is 2.81. The first-order valence-corrected chi connectivity index (χ1v) is 9.61. The molecule has 0 aliphatic rings. The second-order valence-electron chi connectivity index (χ2n) is 6.90. The number of rotatable bonds is 6. The maximum Gasteiger partial charge on any atom is 0.347 e. The van der Waals surface area contributed by atoms with Gasteiger partial charge < -0.3 is 22.3 Å². The summed E-state index contributed by atoms with van der Waals surface area (Å²) in [5, 5.41) is 11.9. The van der Waals surface area contributed by atoms with E-state index in [1.807, 2.05) is 24.3 Å². The smallest absolute Gasteiger partial charge is 0.347 e. The zero-order valence-corrected chi connectivity index (χ0v) is 17.3. The predicted octanol–water partition coefficient (Wildman–Crippen LogP) is -0.701. The highest BCUT2D eigenvalue weighted by Crippen LogP contribution is 2.30. The van der Waals surface area contributed by atoms with E-state index in [1.54, 1.807) is 67.0 Å². The van der Waals surface area contributed by atoms with E-state index in [-0.39, 0.29) is 31.1 Å². The third-order valence-electron chi connectivity index (χ3n) is 5.04. The van der Waals surface area contributed by atoms with Crippen LogP contribution in [0.5, 0.6) is 0 Å². The number of aliphatic hydroxyl groups is 1. The van der Waals surface area contributed by atoms with Gasteiger partial charge >= 0.3 is 11.5 Å². The van der Waals surface area contributed by atoms with Gasteiger partial charge in [0.1, 0.15) is 24.1 Å². The van der Waals surface area contributed by atoms with E-state index in [4.69, 9.17) is 4.74 Å². The zero-order chi connectivity index (χ0) is 21.0. The summed E-state index contributed by atoms with van der Waals surface area (Å²) in [6.07, 6.45) is 1.55. The molecule has 31 heavy (non-hydrogen) atoms. The molecule has 7 heteroatoms. The molecule has 2 N–H and O–H groups in total. The maximum atomic E-state index is 13.0. The molecule has 0 aliphatic heterocycles. The van der Waals surface area contributed by atoms with Gasteiger partial charge in [-0.25, -0.2) is 14.6 Å². The molecular weight excluding hydrogens is 416 g/mol. The Morgan fingerprint density at radius 2 is 1.45 bits per heavy atom. The minimum absolute atomic E-state index is 0. The molecule has 0 atom stereocenters. The number of halogens is 1. The lowest BCUT2D eigenvalue weighted by molar-refractivity contribution is -0.353. The number of carbonyl (C=O) groups is 1. The Morgan fingerprint density at radius 3 is 2.06 bits per heavy atom. The summed E-state index contributed by atoms with van der Waals surface area (Å²) >= 11 is 0. The first-order chi connectivity index (χ1) is 14.6. The van der Waals surface area contributed by atoms with Crippen molar-refractivity contribution in [2.45, 2.75) is 12.1 Å². The summed E-state index contributed by atoms with van der Waals surface area (Å²) in [6, 6.07) is 24.5. The molecule has 0 bridgehead atoms. The Hall–Kier alpha value is -3.48. The van der Waals surface area contributed by atoms with Crippen LogP contribution in [0.3, 0.4) is 0 Å². The highest BCUT2D eigenvalue weighted by molar-refractivity contribution is 5.85. The Bertz CT molecular complexity index is 1190. The SMILES string of the molecule is O=C(OCCn1c[nH+]c2ccccc2c1=O)C(O)(c1ccccc1)c1ccccc1.[Cl-]. The molecule has 0 saturated heterocycles. The Morgan fingerprint density at radius 1 is 0.903 bits per heavy atom. The number of H-pyrrole nitrogens is 1. The number of fused-ring (bicyclic) bond motifs is 1. The quantitative estimate of drug-likeness (QED) is 0.405. The van der Waals surface area contributed by atoms with Crippen LogP contribution in [0.2, 0.25) is 0 Å². The van der Waals surface area contributed by atoms with Crippen molar-refractivity contribution in [2.24, 2.45) is 0 Å². The summed E-state index contributed by atoms with van der Waals surface area (Å²) in [6.45, 7) is 0.0957. The van der Waals surface area contributed by atoms with Crippen LogP contribution < -0.4 is 23.0 Å². The second-order valence-corrected chi connectivity index (χ2v) is 6.90. The molecule has 1 aromatic heterocycles. The fraction of sp³-hybridized carbons (Fsp3) is 0.125. The molecule has 6 nitrogen and oxygen atoms in total. The Labute approximate surface area is 185 Å². The molecular formula is C24H21ClN2O4. The van der Waals surface area contributed by atoms with Crippen LogP contribution in [0.1, 0.15) is 11.1 Å². The molecule has 0 fully saturated rings. The molecule has 0 radical (unpaired) electrons. The van der Waals surface area contributed by atoms with Gasteiger partial charge in [0.05, 0.1) is 0 Å². The lowest BCUT2D eigenvalue weighted by Gasteiger charge is -2.26. The lowest BCUT2D eigenvalue weighted by atomic mass is 9.86. The van der Waals surface area contributed by atoms with Crippen LogP contribution in [-0.4, -0.2) is 22.2 Å². The highest BCUT2D eigenvalue weighted by Gasteiger charge is 2.41. The van der Waals surface area contributed by atoms with E-state index in [2.05, 4.69) is 4.98 Å². The molecule has 3 aromatic carbocycles. The average molecular weight is 437 g/mol. The van der Waals surface area contributed by atoms with Gasteiger partial charge in [0.2, 0.25) is 11.9 Å². The molecule has 0 unspecified atom stereocenters. The summed E-state index contributed by atoms with van der Waals surface area (Å²) in [5.41, 5.74) is -0.557. The largest absolute Gasteiger partial charge is 1.00 e. The first kappa shape index (κ1) is 22.2. The Kier molecular flexibility index (Phi) is 6.84. The van der Waals surface area contributed by atoms with E-state index in [1.165, 1.54) is 4.57 Å². The number of nitrogens with zero attached hydrogens (tertiary/aromatic N) is 1. The number of aromatic nitrogens is 2. The van der Waals surface area contributed by atoms with Gasteiger partial charge in [-0.05, 0) is 23.3 Å². The number of hydrogen-bond donors (Lipinski definition) is 1. The number of hydrogen-bond acceptors (Lipinski definition) is 4. The summed E-state index contributed by atoms with van der Waals surface area (Å²) < 4.78 is 6.87. The van der Waals surface area contributed by atoms with Crippen molar-refractivity contribution < 1.29 is 32.0 Å². The Balaban J connectivity index is 0.00000272. The number of aromatic amines is 1. The van der Waals surface area contributed by atoms with E-state index < -0.39 is 11.6 Å². The van der Waals surface area contributed by atoms with Crippen molar-refractivity contribution in [1.82, 2.24) is 4.57 Å². The molecule has 0 amide bonds. The summed E-state index contributed by atoms with van der Waals surface area (Å²) in [7, 11) is 0. The number of ether oxygens (including phenoxy) is 1. The van der Waals surface area contributed by atoms with E-state index in [9.17, 15) is 14.7 Å². The van der Waals surface area contributed by atoms with Gasteiger partial charge in [-0.2, -0.15) is 4.57 Å². The fourth-order valence-electron chi connectivity index (χ4n) is 3.42. The van der Waals surface area contributed by atoms with Crippen LogP contribution in [0.15, 0.2) is 96.1 Å². The highest BCUT2D eigenvalue weighted by atomic mass is 35.5. The zero-order valence-electron chi connectivity index (χ0n) is 16.6. The number of carbonyl (C=O) groups excluding carboxylic acids is 1. The summed E-state index contributed by atoms with van der Waals surface area (Å²) in [5.74, 6) is -0.794. The number of esters is 1. The number of nitrogens with one attached hydrogen (secondary N) is 1. The molecule has 4 aromatic rings. The number of benzene rings is 3.